The summed E-state index contributed by atoms with van der Waals surface area (Å²) in [5.41, 5.74) is 5.73. The molecule has 1 aliphatic heterocycles. The molecule has 2 aromatic carbocycles. The maximum Gasteiger partial charge on any atom is 0.335 e. The number of carboxylic acid groups (broad SMARTS) is 1. The van der Waals surface area contributed by atoms with Gasteiger partial charge in [0.25, 0.3) is 0 Å². The minimum Gasteiger partial charge on any atom is -0.478 e. The molecule has 0 amide bonds. The first-order valence-corrected chi connectivity index (χ1v) is 11.8. The van der Waals surface area contributed by atoms with Gasteiger partial charge in [-0.3, -0.25) is 0 Å². The van der Waals surface area contributed by atoms with Crippen LogP contribution < -0.4 is 4.90 Å². The molecule has 0 aliphatic carbocycles. The molecule has 1 N–H and O–H groups in total. The summed E-state index contributed by atoms with van der Waals surface area (Å²) in [6.45, 7) is 2.84. The van der Waals surface area contributed by atoms with Crippen LogP contribution in [-0.2, 0) is 4.74 Å². The van der Waals surface area contributed by atoms with Gasteiger partial charge in [-0.05, 0) is 42.5 Å². The normalized spacial score (nSPS) is 14.2. The molecular formula is C28H23N5O3. The second-order valence-electron chi connectivity index (χ2n) is 8.55. The monoisotopic (exact) mass is 477 g/mol. The van der Waals surface area contributed by atoms with E-state index in [4.69, 9.17) is 14.7 Å². The lowest BCUT2D eigenvalue weighted by Crippen LogP contribution is -2.36. The van der Waals surface area contributed by atoms with Crippen LogP contribution >= 0.6 is 0 Å². The predicted molar refractivity (Wildman–Crippen MR) is 139 cm³/mol. The van der Waals surface area contributed by atoms with E-state index in [0.29, 0.717) is 24.6 Å². The molecule has 1 saturated heterocycles. The zero-order valence-corrected chi connectivity index (χ0v) is 19.4. The minimum absolute atomic E-state index is 0.206. The topological polar surface area (TPSA) is 92.8 Å². The zero-order chi connectivity index (χ0) is 24.5. The van der Waals surface area contributed by atoms with E-state index in [9.17, 15) is 9.90 Å². The number of hydrogen-bond donors (Lipinski definition) is 1. The highest BCUT2D eigenvalue weighted by molar-refractivity contribution is 5.91. The summed E-state index contributed by atoms with van der Waals surface area (Å²) in [4.78, 5) is 23.6. The van der Waals surface area contributed by atoms with Crippen molar-refractivity contribution >= 4 is 40.4 Å². The molecule has 6 rings (SSSR count). The maximum absolute atomic E-state index is 11.7. The third-order valence-corrected chi connectivity index (χ3v) is 6.29. The van der Waals surface area contributed by atoms with Gasteiger partial charge in [-0.15, -0.1) is 0 Å². The Morgan fingerprint density at radius 1 is 0.944 bits per heavy atom. The van der Waals surface area contributed by atoms with E-state index in [1.165, 1.54) is 0 Å². The number of morpholine rings is 1. The molecular weight excluding hydrogens is 454 g/mol. The molecule has 0 unspecified atom stereocenters. The zero-order valence-electron chi connectivity index (χ0n) is 19.4. The van der Waals surface area contributed by atoms with Crippen LogP contribution in [0.25, 0.3) is 40.0 Å². The van der Waals surface area contributed by atoms with Crippen molar-refractivity contribution in [1.29, 1.82) is 0 Å². The summed E-state index contributed by atoms with van der Waals surface area (Å²) >= 11 is 0. The Balaban J connectivity index is 1.51. The number of para-hydroxylation sites is 1. The number of carboxylic acids is 1. The molecule has 0 spiro atoms. The van der Waals surface area contributed by atoms with E-state index in [2.05, 4.69) is 10.00 Å². The largest absolute Gasteiger partial charge is 0.478 e. The van der Waals surface area contributed by atoms with Crippen molar-refractivity contribution in [1.82, 2.24) is 19.6 Å². The SMILES string of the molecule is O=C(O)c1cccc(-c2c(/C=C/c3ccc4ccccc4n3)nc3c(N4CCOCC4)ccnn23)c1. The highest BCUT2D eigenvalue weighted by Gasteiger charge is 2.21. The number of carbonyl (C=O) groups is 1. The number of anilines is 1. The number of hydrogen-bond acceptors (Lipinski definition) is 6. The van der Waals surface area contributed by atoms with Gasteiger partial charge in [0.1, 0.15) is 5.69 Å². The van der Waals surface area contributed by atoms with Crippen molar-refractivity contribution in [2.75, 3.05) is 31.2 Å². The molecule has 3 aromatic heterocycles. The van der Waals surface area contributed by atoms with Gasteiger partial charge in [-0.2, -0.15) is 5.10 Å². The van der Waals surface area contributed by atoms with E-state index in [-0.39, 0.29) is 5.56 Å². The van der Waals surface area contributed by atoms with E-state index in [1.54, 1.807) is 28.9 Å². The number of aromatic nitrogens is 4. The van der Waals surface area contributed by atoms with Crippen molar-refractivity contribution in [3.8, 4) is 11.3 Å². The quantitative estimate of drug-likeness (QED) is 0.394. The molecule has 0 saturated carbocycles. The van der Waals surface area contributed by atoms with Crippen molar-refractivity contribution in [2.24, 2.45) is 0 Å². The third kappa shape index (κ3) is 4.08. The van der Waals surface area contributed by atoms with Gasteiger partial charge in [0.2, 0.25) is 0 Å². The van der Waals surface area contributed by atoms with E-state index in [0.717, 1.165) is 46.6 Å². The van der Waals surface area contributed by atoms with Crippen molar-refractivity contribution in [2.45, 2.75) is 0 Å². The van der Waals surface area contributed by atoms with Crippen LogP contribution in [0.2, 0.25) is 0 Å². The Kier molecular flexibility index (Phi) is 5.63. The van der Waals surface area contributed by atoms with Gasteiger partial charge < -0.3 is 14.7 Å². The molecule has 8 heteroatoms. The van der Waals surface area contributed by atoms with Crippen LogP contribution in [0.3, 0.4) is 0 Å². The van der Waals surface area contributed by atoms with Gasteiger partial charge >= 0.3 is 5.97 Å². The summed E-state index contributed by atoms with van der Waals surface area (Å²) in [6.07, 6.45) is 5.59. The van der Waals surface area contributed by atoms with Gasteiger partial charge in [0, 0.05) is 24.0 Å². The average molecular weight is 478 g/mol. The summed E-state index contributed by atoms with van der Waals surface area (Å²) in [6, 6.07) is 20.8. The average Bonchev–Trinajstić information content (AvgIpc) is 3.31. The second-order valence-corrected chi connectivity index (χ2v) is 8.55. The smallest absolute Gasteiger partial charge is 0.335 e. The number of pyridine rings is 1. The van der Waals surface area contributed by atoms with Gasteiger partial charge in [0.05, 0.1) is 47.6 Å². The van der Waals surface area contributed by atoms with Crippen molar-refractivity contribution in [3.63, 3.8) is 0 Å². The second kappa shape index (κ2) is 9.24. The fourth-order valence-corrected chi connectivity index (χ4v) is 4.53. The molecule has 1 fully saturated rings. The first-order chi connectivity index (χ1) is 17.7. The number of nitrogens with zero attached hydrogens (tertiary/aromatic N) is 5. The Labute approximate surface area is 207 Å². The molecule has 0 bridgehead atoms. The summed E-state index contributed by atoms with van der Waals surface area (Å²) < 4.78 is 7.32. The summed E-state index contributed by atoms with van der Waals surface area (Å²) in [5, 5.41) is 15.2. The van der Waals surface area contributed by atoms with E-state index in [1.807, 2.05) is 60.7 Å². The van der Waals surface area contributed by atoms with Gasteiger partial charge in [-0.25, -0.2) is 19.3 Å². The summed E-state index contributed by atoms with van der Waals surface area (Å²) in [5.74, 6) is -0.981. The van der Waals surface area contributed by atoms with Crippen molar-refractivity contribution in [3.05, 3.63) is 89.9 Å². The van der Waals surface area contributed by atoms with Crippen LogP contribution in [0.15, 0.2) is 72.9 Å². The molecule has 4 heterocycles. The van der Waals surface area contributed by atoms with Crippen LogP contribution in [0.4, 0.5) is 5.69 Å². The predicted octanol–water partition coefficient (Wildman–Crippen LogP) is 4.65. The van der Waals surface area contributed by atoms with Crippen LogP contribution in [0.5, 0.6) is 0 Å². The molecule has 0 atom stereocenters. The highest BCUT2D eigenvalue weighted by Crippen LogP contribution is 2.31. The molecule has 36 heavy (non-hydrogen) atoms. The lowest BCUT2D eigenvalue weighted by Gasteiger charge is -2.28. The lowest BCUT2D eigenvalue weighted by atomic mass is 10.1. The third-order valence-electron chi connectivity index (χ3n) is 6.29. The summed E-state index contributed by atoms with van der Waals surface area (Å²) in [7, 11) is 0. The molecule has 1 aliphatic rings. The van der Waals surface area contributed by atoms with Crippen LogP contribution in [0, 0.1) is 0 Å². The molecule has 8 nitrogen and oxygen atoms in total. The number of benzene rings is 2. The lowest BCUT2D eigenvalue weighted by molar-refractivity contribution is 0.0697. The fourth-order valence-electron chi connectivity index (χ4n) is 4.53. The Hall–Kier alpha value is -4.56. The Bertz CT molecular complexity index is 1620. The number of ether oxygens (including phenoxy) is 1. The molecule has 5 aromatic rings. The van der Waals surface area contributed by atoms with Crippen LogP contribution in [-0.4, -0.2) is 57.0 Å². The Morgan fingerprint density at radius 3 is 2.67 bits per heavy atom. The van der Waals surface area contributed by atoms with E-state index < -0.39 is 5.97 Å². The Morgan fingerprint density at radius 2 is 1.81 bits per heavy atom. The maximum atomic E-state index is 11.7. The number of imidazole rings is 1. The standard InChI is InChI=1S/C28H23N5O3/c34-28(35)21-6-3-5-20(18-21)26-24(11-10-22-9-8-19-4-1-2-7-23(19)30-22)31-27-25(12-13-29-33(26)27)32-14-16-36-17-15-32/h1-13,18H,14-17H2,(H,34,35)/b11-10+. The highest BCUT2D eigenvalue weighted by atomic mass is 16.5. The number of rotatable bonds is 5. The van der Waals surface area contributed by atoms with Gasteiger partial charge in [-0.1, -0.05) is 36.4 Å². The van der Waals surface area contributed by atoms with E-state index >= 15 is 0 Å². The minimum atomic E-state index is -0.981. The van der Waals surface area contributed by atoms with Crippen LogP contribution in [0.1, 0.15) is 21.7 Å². The van der Waals surface area contributed by atoms with Crippen molar-refractivity contribution < 1.29 is 14.6 Å². The molecule has 178 valence electrons. The van der Waals surface area contributed by atoms with Gasteiger partial charge in [0.15, 0.2) is 5.65 Å². The fraction of sp³-hybridized carbons (Fsp3) is 0.143. The number of fused-ring (bicyclic) bond motifs is 2. The number of aromatic carboxylic acids is 1. The first kappa shape index (κ1) is 21.9. The molecule has 0 radical (unpaired) electrons. The first-order valence-electron chi connectivity index (χ1n) is 11.8.